The van der Waals surface area contributed by atoms with Crippen molar-refractivity contribution < 1.29 is 28.7 Å². The maximum Gasteiger partial charge on any atom is 0.408 e. The van der Waals surface area contributed by atoms with E-state index < -0.39 is 53.2 Å². The maximum absolute atomic E-state index is 13.5. The highest BCUT2D eigenvalue weighted by atomic mass is 16.6. The van der Waals surface area contributed by atoms with E-state index in [2.05, 4.69) is 16.0 Å². The predicted octanol–water partition coefficient (Wildman–Crippen LogP) is 2.90. The Morgan fingerprint density at radius 1 is 0.974 bits per heavy atom. The summed E-state index contributed by atoms with van der Waals surface area (Å²) in [5, 5.41) is 8.04. The van der Waals surface area contributed by atoms with E-state index in [1.54, 1.807) is 0 Å². The molecule has 0 bridgehead atoms. The molecule has 1 saturated heterocycles. The van der Waals surface area contributed by atoms with Crippen LogP contribution in [-0.4, -0.2) is 48.2 Å². The highest BCUT2D eigenvalue weighted by Crippen LogP contribution is 2.36. The van der Waals surface area contributed by atoms with Crippen LogP contribution < -0.4 is 21.7 Å². The molecule has 1 heterocycles. The third-order valence-corrected chi connectivity index (χ3v) is 7.58. The second kappa shape index (κ2) is 13.6. The SMILES string of the molecule is CC(C)(C)C(OC(=O)NC(CC1CCCCC1)C(=O)NC(CC1CCNC1=O)C(=O)C(N)=O)c1ccccc1. The highest BCUT2D eigenvalue weighted by Gasteiger charge is 2.36. The van der Waals surface area contributed by atoms with Crippen LogP contribution in [0.3, 0.4) is 0 Å². The summed E-state index contributed by atoms with van der Waals surface area (Å²) in [5.41, 5.74) is 5.66. The Hall–Kier alpha value is -3.43. The summed E-state index contributed by atoms with van der Waals surface area (Å²) in [4.78, 5) is 63.1. The minimum atomic E-state index is -1.26. The van der Waals surface area contributed by atoms with Crippen molar-refractivity contribution in [2.45, 2.75) is 90.3 Å². The minimum absolute atomic E-state index is 0.0416. The van der Waals surface area contributed by atoms with Gasteiger partial charge in [-0.05, 0) is 30.7 Å². The third kappa shape index (κ3) is 8.80. The van der Waals surface area contributed by atoms with Crippen LogP contribution in [0.25, 0.3) is 0 Å². The van der Waals surface area contributed by atoms with E-state index >= 15 is 0 Å². The van der Waals surface area contributed by atoms with Crippen molar-refractivity contribution in [3.63, 3.8) is 0 Å². The number of hydrogen-bond donors (Lipinski definition) is 4. The standard InChI is InChI=1S/C29H42N4O6/c1-29(2,3)24(19-12-8-5-9-13-19)39-28(38)33-22(16-18-10-6-4-7-11-18)27(37)32-21(23(34)25(30)35)17-20-14-15-31-26(20)36/h5,8-9,12-13,18,20-22,24H,4,6-7,10-11,14-17H2,1-3H3,(H2,30,35)(H,31,36)(H,32,37)(H,33,38). The fourth-order valence-corrected chi connectivity index (χ4v) is 5.47. The topological polar surface area (TPSA) is 157 Å². The number of nitrogens with two attached hydrogens (primary N) is 1. The number of ketones is 1. The van der Waals surface area contributed by atoms with Gasteiger partial charge in [0, 0.05) is 17.9 Å². The lowest BCUT2D eigenvalue weighted by atomic mass is 9.84. The quantitative estimate of drug-likeness (QED) is 0.315. The highest BCUT2D eigenvalue weighted by molar-refractivity contribution is 6.37. The Kier molecular flexibility index (Phi) is 10.5. The molecule has 1 aromatic rings. The second-order valence-electron chi connectivity index (χ2n) is 11.8. The van der Waals surface area contributed by atoms with Gasteiger partial charge in [0.15, 0.2) is 0 Å². The van der Waals surface area contributed by atoms with Crippen LogP contribution in [0.15, 0.2) is 30.3 Å². The van der Waals surface area contributed by atoms with E-state index in [0.717, 1.165) is 37.7 Å². The van der Waals surface area contributed by atoms with E-state index in [4.69, 9.17) is 10.5 Å². The normalized spacial score (nSPS) is 20.3. The van der Waals surface area contributed by atoms with Crippen molar-refractivity contribution in [2.75, 3.05) is 6.54 Å². The predicted molar refractivity (Wildman–Crippen MR) is 145 cm³/mol. The second-order valence-corrected chi connectivity index (χ2v) is 11.8. The molecule has 1 aliphatic heterocycles. The summed E-state index contributed by atoms with van der Waals surface area (Å²) in [7, 11) is 0. The minimum Gasteiger partial charge on any atom is -0.441 e. The number of Topliss-reactive ketones (excluding diaryl/α,β-unsaturated/α-hetero) is 1. The van der Waals surface area contributed by atoms with Gasteiger partial charge in [-0.2, -0.15) is 0 Å². The van der Waals surface area contributed by atoms with Crippen molar-refractivity contribution in [1.29, 1.82) is 0 Å². The number of rotatable bonds is 11. The number of benzene rings is 1. The molecule has 214 valence electrons. The zero-order valence-corrected chi connectivity index (χ0v) is 23.2. The number of ether oxygens (including phenoxy) is 1. The number of alkyl carbamates (subject to hydrolysis) is 1. The van der Waals surface area contributed by atoms with Crippen molar-refractivity contribution in [1.82, 2.24) is 16.0 Å². The maximum atomic E-state index is 13.5. The van der Waals surface area contributed by atoms with E-state index in [0.29, 0.717) is 19.4 Å². The van der Waals surface area contributed by atoms with Gasteiger partial charge in [-0.25, -0.2) is 4.79 Å². The summed E-state index contributed by atoms with van der Waals surface area (Å²) in [6.45, 7) is 6.35. The number of nitrogens with one attached hydrogen (secondary N) is 3. The van der Waals surface area contributed by atoms with Gasteiger partial charge in [0.05, 0.1) is 6.04 Å². The molecule has 10 nitrogen and oxygen atoms in total. The lowest BCUT2D eigenvalue weighted by Gasteiger charge is -2.32. The van der Waals surface area contributed by atoms with Crippen LogP contribution in [-0.2, 0) is 23.9 Å². The molecule has 4 amide bonds. The van der Waals surface area contributed by atoms with Crippen molar-refractivity contribution in [3.8, 4) is 0 Å². The molecule has 1 aromatic carbocycles. The Bertz CT molecular complexity index is 1030. The molecule has 2 fully saturated rings. The molecule has 1 aliphatic carbocycles. The van der Waals surface area contributed by atoms with Gasteiger partial charge in [0.25, 0.3) is 5.91 Å². The molecule has 0 spiro atoms. The Balaban J connectivity index is 1.77. The van der Waals surface area contributed by atoms with Gasteiger partial charge < -0.3 is 26.4 Å². The van der Waals surface area contributed by atoms with E-state index in [-0.39, 0.29) is 18.2 Å². The Morgan fingerprint density at radius 2 is 1.64 bits per heavy atom. The van der Waals surface area contributed by atoms with Gasteiger partial charge in [-0.15, -0.1) is 0 Å². The smallest absolute Gasteiger partial charge is 0.408 e. The van der Waals surface area contributed by atoms with Gasteiger partial charge in [0.2, 0.25) is 17.6 Å². The molecule has 4 unspecified atom stereocenters. The molecule has 39 heavy (non-hydrogen) atoms. The van der Waals surface area contributed by atoms with E-state index in [1.165, 1.54) is 0 Å². The first kappa shape index (κ1) is 30.1. The first-order chi connectivity index (χ1) is 18.5. The fourth-order valence-electron chi connectivity index (χ4n) is 5.47. The average Bonchev–Trinajstić information content (AvgIpc) is 3.30. The molecular weight excluding hydrogens is 500 g/mol. The molecule has 1 saturated carbocycles. The lowest BCUT2D eigenvalue weighted by molar-refractivity contribution is -0.139. The molecule has 0 aromatic heterocycles. The number of carbonyl (C=O) groups excluding carboxylic acids is 5. The first-order valence-corrected chi connectivity index (χ1v) is 13.9. The Morgan fingerprint density at radius 3 is 2.21 bits per heavy atom. The largest absolute Gasteiger partial charge is 0.441 e. The average molecular weight is 543 g/mol. The lowest BCUT2D eigenvalue weighted by Crippen LogP contribution is -2.54. The van der Waals surface area contributed by atoms with Crippen LogP contribution in [0.1, 0.15) is 83.8 Å². The van der Waals surface area contributed by atoms with E-state index in [9.17, 15) is 24.0 Å². The van der Waals surface area contributed by atoms with Crippen LogP contribution in [0.4, 0.5) is 4.79 Å². The first-order valence-electron chi connectivity index (χ1n) is 13.9. The molecule has 3 rings (SSSR count). The fraction of sp³-hybridized carbons (Fsp3) is 0.621. The molecule has 2 aliphatic rings. The summed E-state index contributed by atoms with van der Waals surface area (Å²) in [5.74, 6) is -3.31. The van der Waals surface area contributed by atoms with E-state index in [1.807, 2.05) is 51.1 Å². The van der Waals surface area contributed by atoms with Gasteiger partial charge in [-0.1, -0.05) is 83.2 Å². The monoisotopic (exact) mass is 542 g/mol. The summed E-state index contributed by atoms with van der Waals surface area (Å²) >= 11 is 0. The number of amides is 4. The molecule has 4 atom stereocenters. The van der Waals surface area contributed by atoms with Crippen LogP contribution in [0.2, 0.25) is 0 Å². The van der Waals surface area contributed by atoms with Gasteiger partial charge >= 0.3 is 6.09 Å². The van der Waals surface area contributed by atoms with Gasteiger partial charge in [0.1, 0.15) is 12.1 Å². The van der Waals surface area contributed by atoms with Crippen molar-refractivity contribution in [3.05, 3.63) is 35.9 Å². The molecule has 5 N–H and O–H groups in total. The van der Waals surface area contributed by atoms with Gasteiger partial charge in [-0.3, -0.25) is 19.2 Å². The zero-order valence-electron chi connectivity index (χ0n) is 23.2. The molecule has 0 radical (unpaired) electrons. The molecule has 10 heteroatoms. The summed E-state index contributed by atoms with van der Waals surface area (Å²) < 4.78 is 5.86. The number of hydrogen-bond acceptors (Lipinski definition) is 6. The Labute approximate surface area is 230 Å². The summed E-state index contributed by atoms with van der Waals surface area (Å²) in [6.07, 6.45) is 4.58. The van der Waals surface area contributed by atoms with Crippen LogP contribution in [0, 0.1) is 17.3 Å². The third-order valence-electron chi connectivity index (χ3n) is 7.58. The summed E-state index contributed by atoms with van der Waals surface area (Å²) in [6, 6.07) is 7.14. The van der Waals surface area contributed by atoms with Crippen LogP contribution >= 0.6 is 0 Å². The zero-order chi connectivity index (χ0) is 28.6. The van der Waals surface area contributed by atoms with Crippen molar-refractivity contribution in [2.24, 2.45) is 23.0 Å². The number of primary amides is 1. The van der Waals surface area contributed by atoms with Crippen molar-refractivity contribution >= 4 is 29.6 Å². The number of carbonyl (C=O) groups is 5. The molecular formula is C29H42N4O6. The van der Waals surface area contributed by atoms with Crippen LogP contribution in [0.5, 0.6) is 0 Å².